The molecule has 0 spiro atoms. The molecule has 0 aliphatic carbocycles. The van der Waals surface area contributed by atoms with Crippen LogP contribution in [0.25, 0.3) is 0 Å². The summed E-state index contributed by atoms with van der Waals surface area (Å²) in [6.45, 7) is 4.41. The quantitative estimate of drug-likeness (QED) is 0.863. The number of hydrogen-bond acceptors (Lipinski definition) is 2. The van der Waals surface area contributed by atoms with Gasteiger partial charge < -0.3 is 9.80 Å². The molecule has 3 nitrogen and oxygen atoms in total. The summed E-state index contributed by atoms with van der Waals surface area (Å²) in [5, 5.41) is 0. The fraction of sp³-hybridized carbons (Fsp3) is 0.316. The first-order chi connectivity index (χ1) is 11.5. The first-order valence-electron chi connectivity index (χ1n) is 8.07. The molecule has 1 aliphatic heterocycles. The van der Waals surface area contributed by atoms with Gasteiger partial charge >= 0.3 is 0 Å². The summed E-state index contributed by atoms with van der Waals surface area (Å²) >= 11 is 0. The number of carbonyl (C=O) groups excluding carboxylic acids is 1. The highest BCUT2D eigenvalue weighted by Gasteiger charge is 2.22. The van der Waals surface area contributed by atoms with E-state index in [0.717, 1.165) is 17.2 Å². The van der Waals surface area contributed by atoms with Crippen LogP contribution in [0.3, 0.4) is 0 Å². The minimum absolute atomic E-state index is 0.106. The van der Waals surface area contributed by atoms with Crippen molar-refractivity contribution in [3.63, 3.8) is 0 Å². The highest BCUT2D eigenvalue weighted by atomic mass is 19.2. The van der Waals surface area contributed by atoms with E-state index >= 15 is 0 Å². The highest BCUT2D eigenvalue weighted by Crippen LogP contribution is 2.20. The first kappa shape index (κ1) is 16.4. The highest BCUT2D eigenvalue weighted by molar-refractivity contribution is 5.79. The molecule has 3 rings (SSSR count). The molecule has 1 amide bonds. The van der Waals surface area contributed by atoms with Crippen molar-refractivity contribution in [3.05, 3.63) is 65.2 Å². The average molecular weight is 330 g/mol. The maximum Gasteiger partial charge on any atom is 0.227 e. The minimum Gasteiger partial charge on any atom is -0.368 e. The van der Waals surface area contributed by atoms with E-state index in [1.165, 1.54) is 6.07 Å². The van der Waals surface area contributed by atoms with Crippen molar-refractivity contribution in [2.45, 2.75) is 13.3 Å². The van der Waals surface area contributed by atoms with E-state index in [9.17, 15) is 13.6 Å². The summed E-state index contributed by atoms with van der Waals surface area (Å²) in [4.78, 5) is 16.3. The summed E-state index contributed by atoms with van der Waals surface area (Å²) in [5.74, 6) is -1.58. The van der Waals surface area contributed by atoms with E-state index in [2.05, 4.69) is 0 Å². The molecular weight excluding hydrogens is 310 g/mol. The molecule has 0 radical (unpaired) electrons. The maximum atomic E-state index is 13.4. The fourth-order valence-electron chi connectivity index (χ4n) is 2.98. The third kappa shape index (κ3) is 3.55. The van der Waals surface area contributed by atoms with Gasteiger partial charge in [0.1, 0.15) is 0 Å². The predicted molar refractivity (Wildman–Crippen MR) is 90.0 cm³/mol. The van der Waals surface area contributed by atoms with Crippen LogP contribution in [0.1, 0.15) is 11.1 Å². The predicted octanol–water partition coefficient (Wildman–Crippen LogP) is 3.16. The number of amides is 1. The van der Waals surface area contributed by atoms with Crippen molar-refractivity contribution in [2.75, 3.05) is 31.1 Å². The van der Waals surface area contributed by atoms with Crippen LogP contribution in [0.15, 0.2) is 42.5 Å². The molecular formula is C19H20F2N2O. The van der Waals surface area contributed by atoms with Crippen LogP contribution < -0.4 is 4.90 Å². The lowest BCUT2D eigenvalue weighted by molar-refractivity contribution is -0.130. The smallest absolute Gasteiger partial charge is 0.227 e. The number of anilines is 1. The Morgan fingerprint density at radius 2 is 1.71 bits per heavy atom. The van der Waals surface area contributed by atoms with Gasteiger partial charge in [0.05, 0.1) is 6.42 Å². The fourth-order valence-corrected chi connectivity index (χ4v) is 2.98. The van der Waals surface area contributed by atoms with Gasteiger partial charge in [0, 0.05) is 37.9 Å². The van der Waals surface area contributed by atoms with Gasteiger partial charge in [-0.15, -0.1) is 0 Å². The molecule has 1 fully saturated rings. The van der Waals surface area contributed by atoms with Gasteiger partial charge in [0.2, 0.25) is 5.91 Å². The van der Waals surface area contributed by atoms with Crippen LogP contribution in [0.4, 0.5) is 14.5 Å². The SMILES string of the molecule is Cc1ccccc1CC(=O)N1CCN(c2ccc(F)c(F)c2)CC1. The molecule has 0 bridgehead atoms. The third-order valence-electron chi connectivity index (χ3n) is 4.50. The number of benzene rings is 2. The van der Waals surface area contributed by atoms with Gasteiger partial charge in [-0.3, -0.25) is 4.79 Å². The number of carbonyl (C=O) groups is 1. The molecule has 1 saturated heterocycles. The molecule has 24 heavy (non-hydrogen) atoms. The van der Waals surface area contributed by atoms with Gasteiger partial charge in [-0.25, -0.2) is 8.78 Å². The minimum atomic E-state index is -0.842. The molecule has 0 N–H and O–H groups in total. The first-order valence-corrected chi connectivity index (χ1v) is 8.07. The Labute approximate surface area is 140 Å². The zero-order valence-corrected chi connectivity index (χ0v) is 13.6. The Balaban J connectivity index is 1.59. The van der Waals surface area contributed by atoms with Gasteiger partial charge in [-0.1, -0.05) is 24.3 Å². The standard InChI is InChI=1S/C19H20F2N2O/c1-14-4-2-3-5-15(14)12-19(24)23-10-8-22(9-11-23)16-6-7-17(20)18(21)13-16/h2-7,13H,8-12H2,1H3. The molecule has 0 unspecified atom stereocenters. The Morgan fingerprint density at radius 3 is 2.38 bits per heavy atom. The maximum absolute atomic E-state index is 13.4. The number of hydrogen-bond donors (Lipinski definition) is 0. The topological polar surface area (TPSA) is 23.6 Å². The van der Waals surface area contributed by atoms with Crippen LogP contribution in [-0.2, 0) is 11.2 Å². The number of aryl methyl sites for hydroxylation is 1. The van der Waals surface area contributed by atoms with Crippen molar-refractivity contribution in [1.82, 2.24) is 4.90 Å². The van der Waals surface area contributed by atoms with E-state index in [1.54, 1.807) is 6.07 Å². The number of halogens is 2. The molecule has 5 heteroatoms. The Kier molecular flexibility index (Phi) is 4.79. The van der Waals surface area contributed by atoms with E-state index in [1.807, 2.05) is 41.0 Å². The Morgan fingerprint density at radius 1 is 1.00 bits per heavy atom. The summed E-state index contributed by atoms with van der Waals surface area (Å²) in [5.41, 5.74) is 2.82. The van der Waals surface area contributed by atoms with Crippen LogP contribution >= 0.6 is 0 Å². The Hall–Kier alpha value is -2.43. The monoisotopic (exact) mass is 330 g/mol. The molecule has 0 aromatic heterocycles. The van der Waals surface area contributed by atoms with Crippen molar-refractivity contribution in [1.29, 1.82) is 0 Å². The molecule has 126 valence electrons. The summed E-state index contributed by atoms with van der Waals surface area (Å²) in [6.07, 6.45) is 0.401. The average Bonchev–Trinajstić information content (AvgIpc) is 2.59. The van der Waals surface area contributed by atoms with Crippen molar-refractivity contribution < 1.29 is 13.6 Å². The van der Waals surface area contributed by atoms with Crippen molar-refractivity contribution in [2.24, 2.45) is 0 Å². The number of nitrogens with zero attached hydrogens (tertiary/aromatic N) is 2. The lowest BCUT2D eigenvalue weighted by Crippen LogP contribution is -2.49. The zero-order valence-electron chi connectivity index (χ0n) is 13.6. The molecule has 1 heterocycles. The summed E-state index contributed by atoms with van der Waals surface area (Å²) in [6, 6.07) is 11.8. The van der Waals surface area contributed by atoms with Crippen LogP contribution in [-0.4, -0.2) is 37.0 Å². The third-order valence-corrected chi connectivity index (χ3v) is 4.50. The number of rotatable bonds is 3. The molecule has 2 aromatic carbocycles. The number of piperazine rings is 1. The molecule has 2 aromatic rings. The molecule has 1 aliphatic rings. The lowest BCUT2D eigenvalue weighted by Gasteiger charge is -2.36. The second-order valence-corrected chi connectivity index (χ2v) is 6.07. The van der Waals surface area contributed by atoms with E-state index in [-0.39, 0.29) is 5.91 Å². The summed E-state index contributed by atoms with van der Waals surface area (Å²) < 4.78 is 26.4. The zero-order chi connectivity index (χ0) is 17.1. The van der Waals surface area contributed by atoms with Crippen LogP contribution in [0.5, 0.6) is 0 Å². The van der Waals surface area contributed by atoms with Crippen molar-refractivity contribution in [3.8, 4) is 0 Å². The van der Waals surface area contributed by atoms with Crippen LogP contribution in [0, 0.1) is 18.6 Å². The normalized spacial score (nSPS) is 14.8. The van der Waals surface area contributed by atoms with E-state index in [0.29, 0.717) is 38.3 Å². The molecule has 0 atom stereocenters. The second-order valence-electron chi connectivity index (χ2n) is 6.07. The summed E-state index contributed by atoms with van der Waals surface area (Å²) in [7, 11) is 0. The van der Waals surface area contributed by atoms with Gasteiger partial charge in [-0.2, -0.15) is 0 Å². The van der Waals surface area contributed by atoms with E-state index < -0.39 is 11.6 Å². The van der Waals surface area contributed by atoms with E-state index in [4.69, 9.17) is 0 Å². The van der Waals surface area contributed by atoms with Crippen molar-refractivity contribution >= 4 is 11.6 Å². The lowest BCUT2D eigenvalue weighted by atomic mass is 10.1. The molecule has 0 saturated carbocycles. The van der Waals surface area contributed by atoms with Gasteiger partial charge in [0.25, 0.3) is 0 Å². The largest absolute Gasteiger partial charge is 0.368 e. The van der Waals surface area contributed by atoms with Gasteiger partial charge in [-0.05, 0) is 30.2 Å². The second kappa shape index (κ2) is 6.99. The Bertz CT molecular complexity index is 740. The van der Waals surface area contributed by atoms with Gasteiger partial charge in [0.15, 0.2) is 11.6 Å². The van der Waals surface area contributed by atoms with Crippen LogP contribution in [0.2, 0.25) is 0 Å².